The van der Waals surface area contributed by atoms with Crippen molar-refractivity contribution in [3.63, 3.8) is 0 Å². The van der Waals surface area contributed by atoms with Crippen LogP contribution < -0.4 is 0 Å². The van der Waals surface area contributed by atoms with Crippen LogP contribution in [0.2, 0.25) is 0 Å². The molecule has 0 amide bonds. The van der Waals surface area contributed by atoms with Crippen LogP contribution in [0.4, 0.5) is 0 Å². The Morgan fingerprint density at radius 3 is 2.36 bits per heavy atom. The Morgan fingerprint density at radius 1 is 1.50 bits per heavy atom. The lowest BCUT2D eigenvalue weighted by Crippen LogP contribution is -2.44. The molecule has 0 aliphatic carbocycles. The van der Waals surface area contributed by atoms with Gasteiger partial charge in [-0.2, -0.15) is 0 Å². The molecule has 0 aromatic heterocycles. The summed E-state index contributed by atoms with van der Waals surface area (Å²) in [5, 5.41) is 8.95. The van der Waals surface area contributed by atoms with Gasteiger partial charge in [-0.15, -0.1) is 12.4 Å². The third-order valence-electron chi connectivity index (χ3n) is 2.93. The van der Waals surface area contributed by atoms with Crippen LogP contribution in [0.3, 0.4) is 0 Å². The van der Waals surface area contributed by atoms with E-state index in [-0.39, 0.29) is 18.4 Å². The maximum atomic E-state index is 10.9. The first-order chi connectivity index (χ1) is 6.15. The van der Waals surface area contributed by atoms with E-state index in [1.54, 1.807) is 0 Å². The van der Waals surface area contributed by atoms with Crippen LogP contribution in [0.1, 0.15) is 33.1 Å². The molecule has 0 aromatic carbocycles. The fourth-order valence-corrected chi connectivity index (χ4v) is 1.93. The average Bonchev–Trinajstić information content (AvgIpc) is 2.09. The highest BCUT2D eigenvalue weighted by Crippen LogP contribution is 2.19. The lowest BCUT2D eigenvalue weighted by atomic mass is 9.97. The average molecular weight is 222 g/mol. The van der Waals surface area contributed by atoms with Crippen molar-refractivity contribution in [2.24, 2.45) is 5.92 Å². The Hall–Kier alpha value is -0.280. The molecule has 0 spiro atoms. The normalized spacial score (nSPS) is 21.3. The molecule has 3 nitrogen and oxygen atoms in total. The van der Waals surface area contributed by atoms with E-state index < -0.39 is 5.97 Å². The SMILES string of the molecule is CCC(C(=O)O)N1CCC(C)CC1.Cl. The van der Waals surface area contributed by atoms with Gasteiger partial charge in [0, 0.05) is 0 Å². The van der Waals surface area contributed by atoms with Crippen LogP contribution >= 0.6 is 12.4 Å². The lowest BCUT2D eigenvalue weighted by Gasteiger charge is -2.34. The first kappa shape index (κ1) is 13.7. The number of likely N-dealkylation sites (tertiary alicyclic amines) is 1. The van der Waals surface area contributed by atoms with Gasteiger partial charge in [0.25, 0.3) is 0 Å². The molecular formula is C10H20ClNO2. The van der Waals surface area contributed by atoms with Crippen molar-refractivity contribution in [1.29, 1.82) is 0 Å². The summed E-state index contributed by atoms with van der Waals surface area (Å²) in [6, 6.07) is -0.257. The first-order valence-corrected chi connectivity index (χ1v) is 5.12. The van der Waals surface area contributed by atoms with Crippen molar-refractivity contribution in [3.8, 4) is 0 Å². The largest absolute Gasteiger partial charge is 0.480 e. The summed E-state index contributed by atoms with van der Waals surface area (Å²) >= 11 is 0. The molecule has 1 saturated heterocycles. The standard InChI is InChI=1S/C10H19NO2.ClH/c1-3-9(10(12)13)11-6-4-8(2)5-7-11;/h8-9H,3-7H2,1-2H3,(H,12,13);1H. The van der Waals surface area contributed by atoms with Gasteiger partial charge < -0.3 is 5.11 Å². The molecule has 1 heterocycles. The molecule has 1 atom stereocenters. The summed E-state index contributed by atoms with van der Waals surface area (Å²) in [5.41, 5.74) is 0. The second-order valence-electron chi connectivity index (χ2n) is 3.98. The number of aliphatic carboxylic acids is 1. The van der Waals surface area contributed by atoms with Gasteiger partial charge in [-0.25, -0.2) is 0 Å². The summed E-state index contributed by atoms with van der Waals surface area (Å²) in [6.07, 6.45) is 3.00. The molecule has 1 fully saturated rings. The molecule has 14 heavy (non-hydrogen) atoms. The Labute approximate surface area is 91.9 Å². The zero-order valence-electron chi connectivity index (χ0n) is 8.90. The second kappa shape index (κ2) is 6.25. The van der Waals surface area contributed by atoms with Crippen molar-refractivity contribution < 1.29 is 9.90 Å². The Bertz CT molecular complexity index is 179. The van der Waals surface area contributed by atoms with E-state index in [2.05, 4.69) is 11.8 Å². The molecule has 1 rings (SSSR count). The zero-order chi connectivity index (χ0) is 9.84. The minimum absolute atomic E-state index is 0. The van der Waals surface area contributed by atoms with Gasteiger partial charge in [0.15, 0.2) is 0 Å². The number of halogens is 1. The van der Waals surface area contributed by atoms with Crippen LogP contribution in [0.25, 0.3) is 0 Å². The number of carboxylic acid groups (broad SMARTS) is 1. The monoisotopic (exact) mass is 221 g/mol. The third kappa shape index (κ3) is 3.46. The quantitative estimate of drug-likeness (QED) is 0.793. The van der Waals surface area contributed by atoms with Gasteiger partial charge in [0.1, 0.15) is 6.04 Å². The Morgan fingerprint density at radius 2 is 2.00 bits per heavy atom. The second-order valence-corrected chi connectivity index (χ2v) is 3.98. The van der Waals surface area contributed by atoms with Crippen LogP contribution in [-0.4, -0.2) is 35.1 Å². The Kier molecular flexibility index (Phi) is 6.12. The van der Waals surface area contributed by atoms with E-state index in [0.717, 1.165) is 31.8 Å². The number of hydrogen-bond donors (Lipinski definition) is 1. The van der Waals surface area contributed by atoms with E-state index in [4.69, 9.17) is 5.11 Å². The van der Waals surface area contributed by atoms with Gasteiger partial charge >= 0.3 is 5.97 Å². The molecule has 1 aliphatic heterocycles. The highest BCUT2D eigenvalue weighted by molar-refractivity contribution is 5.85. The number of nitrogens with zero attached hydrogens (tertiary/aromatic N) is 1. The minimum atomic E-state index is -0.669. The molecule has 0 bridgehead atoms. The smallest absolute Gasteiger partial charge is 0.320 e. The molecular weight excluding hydrogens is 202 g/mol. The number of piperidine rings is 1. The predicted octanol–water partition coefficient (Wildman–Crippen LogP) is 2.00. The van der Waals surface area contributed by atoms with Crippen molar-refractivity contribution in [2.45, 2.75) is 39.2 Å². The van der Waals surface area contributed by atoms with Gasteiger partial charge in [-0.1, -0.05) is 13.8 Å². The number of carboxylic acids is 1. The number of carbonyl (C=O) groups is 1. The topological polar surface area (TPSA) is 40.5 Å². The van der Waals surface area contributed by atoms with E-state index in [9.17, 15) is 4.79 Å². The number of rotatable bonds is 3. The van der Waals surface area contributed by atoms with Gasteiger partial charge in [0.05, 0.1) is 0 Å². The van der Waals surface area contributed by atoms with Crippen LogP contribution in [0, 0.1) is 5.92 Å². The Balaban J connectivity index is 0.00000169. The minimum Gasteiger partial charge on any atom is -0.480 e. The molecule has 1 unspecified atom stereocenters. The van der Waals surface area contributed by atoms with E-state index in [1.807, 2.05) is 6.92 Å². The van der Waals surface area contributed by atoms with Gasteiger partial charge in [-0.05, 0) is 38.3 Å². The zero-order valence-corrected chi connectivity index (χ0v) is 9.72. The van der Waals surface area contributed by atoms with Gasteiger partial charge in [0.2, 0.25) is 0 Å². The van der Waals surface area contributed by atoms with Crippen molar-refractivity contribution >= 4 is 18.4 Å². The van der Waals surface area contributed by atoms with Crippen LogP contribution in [-0.2, 0) is 4.79 Å². The third-order valence-corrected chi connectivity index (χ3v) is 2.93. The fraction of sp³-hybridized carbons (Fsp3) is 0.900. The molecule has 0 aromatic rings. The first-order valence-electron chi connectivity index (χ1n) is 5.12. The van der Waals surface area contributed by atoms with Crippen molar-refractivity contribution in [3.05, 3.63) is 0 Å². The summed E-state index contributed by atoms with van der Waals surface area (Å²) in [5.74, 6) is 0.0969. The van der Waals surface area contributed by atoms with Crippen molar-refractivity contribution in [2.75, 3.05) is 13.1 Å². The van der Waals surface area contributed by atoms with Crippen LogP contribution in [0.15, 0.2) is 0 Å². The molecule has 84 valence electrons. The predicted molar refractivity (Wildman–Crippen MR) is 58.9 cm³/mol. The molecule has 1 aliphatic rings. The summed E-state index contributed by atoms with van der Waals surface area (Å²) in [6.45, 7) is 6.08. The summed E-state index contributed by atoms with van der Waals surface area (Å²) in [7, 11) is 0. The fourth-order valence-electron chi connectivity index (χ4n) is 1.93. The highest BCUT2D eigenvalue weighted by Gasteiger charge is 2.26. The molecule has 0 saturated carbocycles. The van der Waals surface area contributed by atoms with E-state index >= 15 is 0 Å². The van der Waals surface area contributed by atoms with E-state index in [1.165, 1.54) is 0 Å². The highest BCUT2D eigenvalue weighted by atomic mass is 35.5. The summed E-state index contributed by atoms with van der Waals surface area (Å²) < 4.78 is 0. The lowest BCUT2D eigenvalue weighted by molar-refractivity contribution is -0.144. The van der Waals surface area contributed by atoms with E-state index in [0.29, 0.717) is 6.42 Å². The van der Waals surface area contributed by atoms with Crippen molar-refractivity contribution in [1.82, 2.24) is 4.90 Å². The maximum Gasteiger partial charge on any atom is 0.320 e. The van der Waals surface area contributed by atoms with Gasteiger partial charge in [-0.3, -0.25) is 9.69 Å². The number of hydrogen-bond acceptors (Lipinski definition) is 2. The molecule has 0 radical (unpaired) electrons. The molecule has 4 heteroatoms. The molecule has 1 N–H and O–H groups in total. The summed E-state index contributed by atoms with van der Waals surface area (Å²) in [4.78, 5) is 13.0. The maximum absolute atomic E-state index is 10.9. The van der Waals surface area contributed by atoms with Crippen LogP contribution in [0.5, 0.6) is 0 Å².